The minimum atomic E-state index is -0.0242. The molecule has 0 saturated carbocycles. The topological polar surface area (TPSA) is 68.7 Å². The number of nitrogens with one attached hydrogen (secondary N) is 1. The van der Waals surface area contributed by atoms with E-state index in [1.165, 1.54) is 6.33 Å². The molecule has 1 aliphatic heterocycles. The Morgan fingerprint density at radius 3 is 2.66 bits per heavy atom. The molecule has 2 heterocycles. The van der Waals surface area contributed by atoms with Gasteiger partial charge in [-0.15, -0.1) is 0 Å². The van der Waals surface area contributed by atoms with Crippen molar-refractivity contribution in [2.75, 3.05) is 32.6 Å². The van der Waals surface area contributed by atoms with Crippen LogP contribution in [0.1, 0.15) is 13.8 Å². The van der Waals surface area contributed by atoms with Gasteiger partial charge in [0, 0.05) is 29.7 Å². The van der Waals surface area contributed by atoms with Crippen LogP contribution in [0.25, 0.3) is 10.9 Å². The van der Waals surface area contributed by atoms with Crippen molar-refractivity contribution >= 4 is 45.6 Å². The molecule has 1 aliphatic rings. The van der Waals surface area contributed by atoms with Crippen molar-refractivity contribution in [3.05, 3.63) is 46.7 Å². The molecule has 1 aromatic heterocycles. The minimum absolute atomic E-state index is 0.0242. The first-order chi connectivity index (χ1) is 15.4. The number of likely N-dealkylation sites (N-methyl/N-ethyl adjacent to an activating group) is 1. The van der Waals surface area contributed by atoms with Gasteiger partial charge < -0.3 is 19.5 Å². The molecule has 1 unspecified atom stereocenters. The monoisotopic (exact) mass is 476 g/mol. The molecule has 1 saturated heterocycles. The van der Waals surface area contributed by atoms with E-state index in [9.17, 15) is 0 Å². The van der Waals surface area contributed by atoms with E-state index in [-0.39, 0.29) is 12.2 Å². The van der Waals surface area contributed by atoms with Crippen molar-refractivity contribution in [1.82, 2.24) is 14.9 Å². The van der Waals surface area contributed by atoms with Gasteiger partial charge in [-0.3, -0.25) is 4.90 Å². The molecular formula is C23H26Cl2N4O3. The second-order valence-corrected chi connectivity index (χ2v) is 8.77. The molecule has 0 spiro atoms. The van der Waals surface area contributed by atoms with Crippen molar-refractivity contribution < 1.29 is 14.2 Å². The fourth-order valence-corrected chi connectivity index (χ4v) is 4.03. The number of fused-ring (bicyclic) bond motifs is 1. The lowest BCUT2D eigenvalue weighted by atomic mass is 10.1. The second-order valence-electron chi connectivity index (χ2n) is 7.95. The van der Waals surface area contributed by atoms with Crippen molar-refractivity contribution in [3.63, 3.8) is 0 Å². The smallest absolute Gasteiger partial charge is 0.163 e. The average Bonchev–Trinajstić information content (AvgIpc) is 2.78. The maximum Gasteiger partial charge on any atom is 0.163 e. The van der Waals surface area contributed by atoms with Gasteiger partial charge in [-0.1, -0.05) is 23.2 Å². The third kappa shape index (κ3) is 4.86. The number of hydrogen-bond donors (Lipinski definition) is 1. The largest absolute Gasteiger partial charge is 0.493 e. The van der Waals surface area contributed by atoms with Crippen LogP contribution in [0.4, 0.5) is 11.5 Å². The molecule has 1 N–H and O–H groups in total. The highest BCUT2D eigenvalue weighted by Crippen LogP contribution is 2.35. The number of benzene rings is 2. The van der Waals surface area contributed by atoms with Crippen LogP contribution in [0.5, 0.6) is 11.5 Å². The van der Waals surface area contributed by atoms with Crippen molar-refractivity contribution in [2.24, 2.45) is 0 Å². The number of anilines is 2. The molecule has 0 aliphatic carbocycles. The van der Waals surface area contributed by atoms with Gasteiger partial charge in [-0.2, -0.15) is 0 Å². The molecule has 170 valence electrons. The Bertz CT molecular complexity index is 1100. The molecule has 32 heavy (non-hydrogen) atoms. The van der Waals surface area contributed by atoms with Crippen molar-refractivity contribution in [2.45, 2.75) is 32.1 Å². The zero-order valence-electron chi connectivity index (χ0n) is 18.4. The van der Waals surface area contributed by atoms with Crippen molar-refractivity contribution in [1.29, 1.82) is 0 Å². The molecule has 0 amide bonds. The normalized spacial score (nSPS) is 21.5. The predicted molar refractivity (Wildman–Crippen MR) is 128 cm³/mol. The summed E-state index contributed by atoms with van der Waals surface area (Å²) in [5.41, 5.74) is 1.49. The van der Waals surface area contributed by atoms with E-state index in [2.05, 4.69) is 41.1 Å². The first-order valence-corrected chi connectivity index (χ1v) is 11.1. The van der Waals surface area contributed by atoms with Crippen molar-refractivity contribution in [3.8, 4) is 11.5 Å². The zero-order valence-corrected chi connectivity index (χ0v) is 19.9. The molecule has 4 rings (SSSR count). The maximum atomic E-state index is 6.14. The number of hydrogen-bond acceptors (Lipinski definition) is 7. The Morgan fingerprint density at radius 1 is 1.12 bits per heavy atom. The van der Waals surface area contributed by atoms with Crippen LogP contribution in [-0.4, -0.2) is 60.4 Å². The van der Waals surface area contributed by atoms with Gasteiger partial charge in [0.2, 0.25) is 0 Å². The van der Waals surface area contributed by atoms with Gasteiger partial charge >= 0.3 is 0 Å². The van der Waals surface area contributed by atoms with Crippen LogP contribution in [0.2, 0.25) is 10.0 Å². The summed E-state index contributed by atoms with van der Waals surface area (Å²) in [4.78, 5) is 11.1. The van der Waals surface area contributed by atoms with Gasteiger partial charge in [0.25, 0.3) is 0 Å². The van der Waals surface area contributed by atoms with E-state index >= 15 is 0 Å². The van der Waals surface area contributed by atoms with E-state index in [0.29, 0.717) is 40.0 Å². The fourth-order valence-electron chi connectivity index (χ4n) is 3.73. The Kier molecular flexibility index (Phi) is 6.90. The lowest BCUT2D eigenvalue weighted by molar-refractivity contribution is -0.111. The van der Waals surface area contributed by atoms with Gasteiger partial charge in [-0.25, -0.2) is 9.97 Å². The van der Waals surface area contributed by atoms with Gasteiger partial charge in [-0.05, 0) is 45.2 Å². The van der Waals surface area contributed by atoms with E-state index in [4.69, 9.17) is 37.4 Å². The van der Waals surface area contributed by atoms with Gasteiger partial charge in [0.1, 0.15) is 24.9 Å². The highest BCUT2D eigenvalue weighted by molar-refractivity contribution is 6.42. The molecule has 0 radical (unpaired) electrons. The standard InChI is InChI=1S/C23H26Cl2N4O3/c1-13-14(2)32-16(10-29(13)3)11-31-22-9-20-17(8-21(22)30-4)23(27-12-26-20)28-15-5-6-18(24)19(25)7-15/h5-9,12-14,16H,10-11H2,1-4H3,(H,26,27,28)/t13-,14-,16?/m0/s1. The zero-order chi connectivity index (χ0) is 22.8. The van der Waals surface area contributed by atoms with Crippen LogP contribution >= 0.6 is 23.2 Å². The first-order valence-electron chi connectivity index (χ1n) is 10.4. The predicted octanol–water partition coefficient (Wildman–Crippen LogP) is 5.18. The third-order valence-electron chi connectivity index (χ3n) is 5.80. The fraction of sp³-hybridized carbons (Fsp3) is 0.391. The van der Waals surface area contributed by atoms with Crippen LogP contribution < -0.4 is 14.8 Å². The Labute approximate surface area is 197 Å². The Morgan fingerprint density at radius 2 is 1.94 bits per heavy atom. The summed E-state index contributed by atoms with van der Waals surface area (Å²) < 4.78 is 17.8. The molecule has 1 fully saturated rings. The summed E-state index contributed by atoms with van der Waals surface area (Å²) in [6.07, 6.45) is 1.62. The second kappa shape index (κ2) is 9.67. The SMILES string of the molecule is COc1cc2c(Nc3ccc(Cl)c(Cl)c3)ncnc2cc1OCC1CN(C)[C@@H](C)[C@H](C)O1. The first kappa shape index (κ1) is 22.9. The molecule has 3 atom stereocenters. The number of nitrogens with zero attached hydrogens (tertiary/aromatic N) is 3. The highest BCUT2D eigenvalue weighted by Gasteiger charge is 2.29. The molecule has 0 bridgehead atoms. The molecular weight excluding hydrogens is 451 g/mol. The Balaban J connectivity index is 1.57. The van der Waals surface area contributed by atoms with E-state index in [0.717, 1.165) is 23.1 Å². The van der Waals surface area contributed by atoms with Crippen LogP contribution in [0.3, 0.4) is 0 Å². The van der Waals surface area contributed by atoms with E-state index < -0.39 is 0 Å². The number of halogens is 2. The van der Waals surface area contributed by atoms with Crippen LogP contribution in [-0.2, 0) is 4.74 Å². The summed E-state index contributed by atoms with van der Waals surface area (Å²) in [7, 11) is 3.71. The number of aromatic nitrogens is 2. The van der Waals surface area contributed by atoms with E-state index in [1.54, 1.807) is 19.2 Å². The number of methoxy groups -OCH3 is 1. The number of rotatable bonds is 6. The van der Waals surface area contributed by atoms with Crippen LogP contribution in [0.15, 0.2) is 36.7 Å². The quantitative estimate of drug-likeness (QED) is 0.525. The summed E-state index contributed by atoms with van der Waals surface area (Å²) in [6, 6.07) is 9.40. The highest BCUT2D eigenvalue weighted by atomic mass is 35.5. The van der Waals surface area contributed by atoms with E-state index in [1.807, 2.05) is 18.2 Å². The number of morpholine rings is 1. The summed E-state index contributed by atoms with van der Waals surface area (Å²) >= 11 is 12.2. The maximum absolute atomic E-state index is 6.14. The minimum Gasteiger partial charge on any atom is -0.493 e. The van der Waals surface area contributed by atoms with Gasteiger partial charge in [0.05, 0.1) is 28.8 Å². The third-order valence-corrected chi connectivity index (χ3v) is 6.54. The lowest BCUT2D eigenvalue weighted by Crippen LogP contribution is -2.52. The lowest BCUT2D eigenvalue weighted by Gasteiger charge is -2.39. The Hall–Kier alpha value is -2.32. The number of ether oxygens (including phenoxy) is 3. The molecule has 9 heteroatoms. The van der Waals surface area contributed by atoms with Crippen LogP contribution in [0, 0.1) is 0 Å². The molecule has 2 aromatic carbocycles. The van der Waals surface area contributed by atoms with Gasteiger partial charge in [0.15, 0.2) is 11.5 Å². The summed E-state index contributed by atoms with van der Waals surface area (Å²) in [5.74, 6) is 1.82. The molecule has 7 nitrogen and oxygen atoms in total. The average molecular weight is 477 g/mol. The summed E-state index contributed by atoms with van der Waals surface area (Å²) in [5, 5.41) is 5.01. The summed E-state index contributed by atoms with van der Waals surface area (Å²) in [6.45, 7) is 5.48. The molecule has 3 aromatic rings.